The maximum Gasteiger partial charge on any atom is 0.137 e. The summed E-state index contributed by atoms with van der Waals surface area (Å²) >= 11 is 3.44. The Kier molecular flexibility index (Phi) is 4.42. The standard InChI is InChI=1S/C14H20BrN5/c1-14(2,3)13-18-11(15)7-12(19-13)16-6-5-10-8-17-20(4)9-10/h7-9H,5-6H2,1-4H3,(H,16,18,19). The number of nitrogens with zero attached hydrogens (tertiary/aromatic N) is 4. The molecule has 1 N–H and O–H groups in total. The van der Waals surface area contributed by atoms with Crippen LogP contribution in [-0.4, -0.2) is 26.3 Å². The van der Waals surface area contributed by atoms with Crippen molar-refractivity contribution in [2.24, 2.45) is 7.05 Å². The monoisotopic (exact) mass is 337 g/mol. The largest absolute Gasteiger partial charge is 0.370 e. The lowest BCUT2D eigenvalue weighted by Crippen LogP contribution is -2.18. The van der Waals surface area contributed by atoms with Gasteiger partial charge in [0.05, 0.1) is 6.20 Å². The number of anilines is 1. The Morgan fingerprint density at radius 1 is 1.30 bits per heavy atom. The molecule has 0 fully saturated rings. The molecule has 0 saturated carbocycles. The van der Waals surface area contributed by atoms with Crippen LogP contribution in [0.1, 0.15) is 32.2 Å². The van der Waals surface area contributed by atoms with Gasteiger partial charge in [0.25, 0.3) is 0 Å². The highest BCUT2D eigenvalue weighted by molar-refractivity contribution is 9.10. The Labute approximate surface area is 128 Å². The van der Waals surface area contributed by atoms with Crippen LogP contribution in [0.5, 0.6) is 0 Å². The molecule has 0 saturated heterocycles. The molecule has 6 heteroatoms. The van der Waals surface area contributed by atoms with Crippen molar-refractivity contribution in [3.63, 3.8) is 0 Å². The summed E-state index contributed by atoms with van der Waals surface area (Å²) in [5.74, 6) is 1.68. The third-order valence-electron chi connectivity index (χ3n) is 2.84. The van der Waals surface area contributed by atoms with Crippen LogP contribution in [0.3, 0.4) is 0 Å². The number of aryl methyl sites for hydroxylation is 1. The molecule has 2 rings (SSSR count). The summed E-state index contributed by atoms with van der Waals surface area (Å²) in [4.78, 5) is 9.00. The maximum absolute atomic E-state index is 4.57. The fourth-order valence-corrected chi connectivity index (χ4v) is 2.16. The maximum atomic E-state index is 4.57. The summed E-state index contributed by atoms with van der Waals surface area (Å²) in [6.45, 7) is 7.13. The number of hydrogen-bond acceptors (Lipinski definition) is 4. The van der Waals surface area contributed by atoms with Crippen molar-refractivity contribution < 1.29 is 0 Å². The topological polar surface area (TPSA) is 55.6 Å². The molecule has 5 nitrogen and oxygen atoms in total. The van der Waals surface area contributed by atoms with Gasteiger partial charge in [-0.2, -0.15) is 5.10 Å². The van der Waals surface area contributed by atoms with Crippen molar-refractivity contribution in [1.82, 2.24) is 19.7 Å². The van der Waals surface area contributed by atoms with Gasteiger partial charge in [-0.3, -0.25) is 4.68 Å². The van der Waals surface area contributed by atoms with Crippen LogP contribution in [0.2, 0.25) is 0 Å². The molecule has 108 valence electrons. The van der Waals surface area contributed by atoms with Gasteiger partial charge in [-0.1, -0.05) is 20.8 Å². The molecule has 0 aliphatic heterocycles. The predicted octanol–water partition coefficient (Wildman–Crippen LogP) is 2.92. The zero-order valence-electron chi connectivity index (χ0n) is 12.3. The van der Waals surface area contributed by atoms with E-state index in [4.69, 9.17) is 0 Å². The molecule has 20 heavy (non-hydrogen) atoms. The van der Waals surface area contributed by atoms with E-state index >= 15 is 0 Å². The Balaban J connectivity index is 2.00. The van der Waals surface area contributed by atoms with Gasteiger partial charge in [0.2, 0.25) is 0 Å². The van der Waals surface area contributed by atoms with E-state index in [0.29, 0.717) is 0 Å². The van der Waals surface area contributed by atoms with E-state index in [1.54, 1.807) is 0 Å². The van der Waals surface area contributed by atoms with Gasteiger partial charge in [-0.25, -0.2) is 9.97 Å². The van der Waals surface area contributed by atoms with E-state index < -0.39 is 0 Å². The molecule has 2 aromatic rings. The molecular weight excluding hydrogens is 318 g/mol. The first-order chi connectivity index (χ1) is 9.34. The Morgan fingerprint density at radius 2 is 2.05 bits per heavy atom. The molecule has 0 aliphatic rings. The van der Waals surface area contributed by atoms with Crippen LogP contribution in [0.25, 0.3) is 0 Å². The normalized spacial score (nSPS) is 11.7. The van der Waals surface area contributed by atoms with Gasteiger partial charge in [-0.05, 0) is 27.9 Å². The molecule has 2 aromatic heterocycles. The van der Waals surface area contributed by atoms with Gasteiger partial charge >= 0.3 is 0 Å². The van der Waals surface area contributed by atoms with Crippen LogP contribution in [-0.2, 0) is 18.9 Å². The summed E-state index contributed by atoms with van der Waals surface area (Å²) in [7, 11) is 1.92. The fraction of sp³-hybridized carbons (Fsp3) is 0.500. The zero-order valence-corrected chi connectivity index (χ0v) is 13.9. The molecule has 0 aliphatic carbocycles. The van der Waals surface area contributed by atoms with Gasteiger partial charge in [-0.15, -0.1) is 0 Å². The first-order valence-corrected chi connectivity index (χ1v) is 7.40. The second-order valence-corrected chi connectivity index (χ2v) is 6.66. The lowest BCUT2D eigenvalue weighted by atomic mass is 9.96. The van der Waals surface area contributed by atoms with Crippen molar-refractivity contribution in [3.8, 4) is 0 Å². The smallest absolute Gasteiger partial charge is 0.137 e. The van der Waals surface area contributed by atoms with Crippen LogP contribution in [0.4, 0.5) is 5.82 Å². The highest BCUT2D eigenvalue weighted by Crippen LogP contribution is 2.22. The molecular formula is C14H20BrN5. The van der Waals surface area contributed by atoms with Crippen molar-refractivity contribution in [2.75, 3.05) is 11.9 Å². The fourth-order valence-electron chi connectivity index (χ4n) is 1.78. The van der Waals surface area contributed by atoms with Crippen molar-refractivity contribution >= 4 is 21.7 Å². The number of aromatic nitrogens is 4. The lowest BCUT2D eigenvalue weighted by Gasteiger charge is -2.17. The third kappa shape index (κ3) is 4.03. The second kappa shape index (κ2) is 5.91. The Morgan fingerprint density at radius 3 is 2.65 bits per heavy atom. The first kappa shape index (κ1) is 15.0. The van der Waals surface area contributed by atoms with Crippen molar-refractivity contribution in [3.05, 3.63) is 34.5 Å². The molecule has 0 spiro atoms. The van der Waals surface area contributed by atoms with E-state index in [1.807, 2.05) is 30.2 Å². The minimum Gasteiger partial charge on any atom is -0.370 e. The lowest BCUT2D eigenvalue weighted by molar-refractivity contribution is 0.544. The van der Waals surface area contributed by atoms with Crippen LogP contribution < -0.4 is 5.32 Å². The molecule has 2 heterocycles. The molecule has 0 aromatic carbocycles. The van der Waals surface area contributed by atoms with E-state index in [2.05, 4.69) is 57.1 Å². The Bertz CT molecular complexity index is 585. The van der Waals surface area contributed by atoms with Gasteiger partial charge in [0.1, 0.15) is 16.2 Å². The van der Waals surface area contributed by atoms with Gasteiger partial charge in [0, 0.05) is 31.3 Å². The van der Waals surface area contributed by atoms with Gasteiger partial charge < -0.3 is 5.32 Å². The van der Waals surface area contributed by atoms with E-state index in [-0.39, 0.29) is 5.41 Å². The summed E-state index contributed by atoms with van der Waals surface area (Å²) < 4.78 is 2.62. The van der Waals surface area contributed by atoms with E-state index in [0.717, 1.165) is 29.2 Å². The molecule has 0 bridgehead atoms. The number of nitrogens with one attached hydrogen (secondary N) is 1. The zero-order chi connectivity index (χ0) is 14.8. The molecule has 0 unspecified atom stereocenters. The average molecular weight is 338 g/mol. The summed E-state index contributed by atoms with van der Waals surface area (Å²) in [6, 6.07) is 1.90. The number of halogens is 1. The highest BCUT2D eigenvalue weighted by Gasteiger charge is 2.18. The molecule has 0 atom stereocenters. The number of hydrogen-bond donors (Lipinski definition) is 1. The van der Waals surface area contributed by atoms with Crippen molar-refractivity contribution in [2.45, 2.75) is 32.6 Å². The second-order valence-electron chi connectivity index (χ2n) is 5.85. The minimum absolute atomic E-state index is 0.0659. The summed E-state index contributed by atoms with van der Waals surface area (Å²) in [5.41, 5.74) is 1.15. The average Bonchev–Trinajstić information content (AvgIpc) is 2.73. The van der Waals surface area contributed by atoms with Crippen LogP contribution in [0, 0.1) is 0 Å². The van der Waals surface area contributed by atoms with Crippen LogP contribution in [0.15, 0.2) is 23.1 Å². The molecule has 0 radical (unpaired) electrons. The summed E-state index contributed by atoms with van der Waals surface area (Å²) in [5, 5.41) is 7.50. The highest BCUT2D eigenvalue weighted by atomic mass is 79.9. The predicted molar refractivity (Wildman–Crippen MR) is 83.8 cm³/mol. The quantitative estimate of drug-likeness (QED) is 0.871. The minimum atomic E-state index is -0.0659. The van der Waals surface area contributed by atoms with Crippen LogP contribution >= 0.6 is 15.9 Å². The van der Waals surface area contributed by atoms with E-state index in [9.17, 15) is 0 Å². The summed E-state index contributed by atoms with van der Waals surface area (Å²) in [6.07, 6.45) is 4.83. The van der Waals surface area contributed by atoms with Crippen molar-refractivity contribution in [1.29, 1.82) is 0 Å². The molecule has 0 amide bonds. The first-order valence-electron chi connectivity index (χ1n) is 6.61. The SMILES string of the molecule is Cn1cc(CCNc2cc(Br)nc(C(C)(C)C)n2)cn1. The number of rotatable bonds is 4. The Hall–Kier alpha value is -1.43. The van der Waals surface area contributed by atoms with Gasteiger partial charge in [0.15, 0.2) is 0 Å². The van der Waals surface area contributed by atoms with E-state index in [1.165, 1.54) is 5.56 Å². The third-order valence-corrected chi connectivity index (χ3v) is 3.25.